The summed E-state index contributed by atoms with van der Waals surface area (Å²) in [5.74, 6) is 0. The van der Waals surface area contributed by atoms with Crippen molar-refractivity contribution < 1.29 is 0 Å². The molecule has 2 aliphatic carbocycles. The maximum Gasteiger partial charge on any atom is -0.0108 e. The lowest BCUT2D eigenvalue weighted by Gasteiger charge is -1.87. The summed E-state index contributed by atoms with van der Waals surface area (Å²) in [4.78, 5) is 0. The SMILES string of the molecule is CC.CC1=CC=C(C)C1.CC1=CC=C(C)C1. The highest BCUT2D eigenvalue weighted by Crippen LogP contribution is 2.16. The molecule has 0 nitrogen and oxygen atoms in total. The van der Waals surface area contributed by atoms with Crippen molar-refractivity contribution in [3.8, 4) is 0 Å². The molecular weight excluding hydrogens is 192 g/mol. The van der Waals surface area contributed by atoms with Crippen LogP contribution in [0, 0.1) is 0 Å². The summed E-state index contributed by atoms with van der Waals surface area (Å²) >= 11 is 0. The van der Waals surface area contributed by atoms with Crippen LogP contribution in [0.2, 0.25) is 0 Å². The van der Waals surface area contributed by atoms with Gasteiger partial charge in [0.05, 0.1) is 0 Å². The van der Waals surface area contributed by atoms with E-state index in [2.05, 4.69) is 52.0 Å². The molecule has 0 aromatic heterocycles. The van der Waals surface area contributed by atoms with E-state index in [-0.39, 0.29) is 0 Å². The fourth-order valence-corrected chi connectivity index (χ4v) is 1.68. The van der Waals surface area contributed by atoms with Crippen LogP contribution in [0.3, 0.4) is 0 Å². The maximum atomic E-state index is 2.18. The Kier molecular flexibility index (Phi) is 7.62. The van der Waals surface area contributed by atoms with Crippen molar-refractivity contribution in [2.75, 3.05) is 0 Å². The molecule has 0 amide bonds. The Morgan fingerprint density at radius 1 is 0.562 bits per heavy atom. The molecule has 0 saturated heterocycles. The van der Waals surface area contributed by atoms with Crippen LogP contribution in [0.15, 0.2) is 46.6 Å². The topological polar surface area (TPSA) is 0 Å². The summed E-state index contributed by atoms with van der Waals surface area (Å²) in [5, 5.41) is 0. The Balaban J connectivity index is 0.000000244. The fourth-order valence-electron chi connectivity index (χ4n) is 1.68. The lowest BCUT2D eigenvalue weighted by atomic mass is 10.2. The van der Waals surface area contributed by atoms with Gasteiger partial charge in [-0.3, -0.25) is 0 Å². The lowest BCUT2D eigenvalue weighted by Crippen LogP contribution is -1.67. The van der Waals surface area contributed by atoms with Crippen LogP contribution in [0.5, 0.6) is 0 Å². The van der Waals surface area contributed by atoms with Crippen LogP contribution in [0.4, 0.5) is 0 Å². The third-order valence-corrected chi connectivity index (χ3v) is 2.42. The zero-order chi connectivity index (χ0) is 12.6. The number of rotatable bonds is 0. The first kappa shape index (κ1) is 15.0. The molecule has 0 N–H and O–H groups in total. The molecule has 90 valence electrons. The molecule has 0 fully saturated rings. The van der Waals surface area contributed by atoms with Crippen molar-refractivity contribution >= 4 is 0 Å². The van der Waals surface area contributed by atoms with E-state index < -0.39 is 0 Å². The average Bonchev–Trinajstić information content (AvgIpc) is 2.80. The Morgan fingerprint density at radius 3 is 0.812 bits per heavy atom. The van der Waals surface area contributed by atoms with Crippen molar-refractivity contribution in [2.45, 2.75) is 54.4 Å². The van der Waals surface area contributed by atoms with Gasteiger partial charge in [0.15, 0.2) is 0 Å². The van der Waals surface area contributed by atoms with E-state index in [9.17, 15) is 0 Å². The van der Waals surface area contributed by atoms with Crippen LogP contribution in [-0.2, 0) is 0 Å². The predicted octanol–water partition coefficient (Wildman–Crippen LogP) is 5.59. The van der Waals surface area contributed by atoms with Gasteiger partial charge < -0.3 is 0 Å². The van der Waals surface area contributed by atoms with Gasteiger partial charge >= 0.3 is 0 Å². The number of hydrogen-bond acceptors (Lipinski definition) is 0. The zero-order valence-corrected chi connectivity index (χ0v) is 11.7. The Labute approximate surface area is 101 Å². The minimum Gasteiger partial charge on any atom is -0.0693 e. The summed E-state index contributed by atoms with van der Waals surface area (Å²) in [6, 6.07) is 0. The summed E-state index contributed by atoms with van der Waals surface area (Å²) in [5.41, 5.74) is 5.94. The van der Waals surface area contributed by atoms with Crippen molar-refractivity contribution in [3.63, 3.8) is 0 Å². The van der Waals surface area contributed by atoms with Gasteiger partial charge in [-0.15, -0.1) is 0 Å². The second kappa shape index (κ2) is 8.15. The molecule has 0 spiro atoms. The fraction of sp³-hybridized carbons (Fsp3) is 0.500. The summed E-state index contributed by atoms with van der Waals surface area (Å²) in [7, 11) is 0. The molecule has 0 bridgehead atoms. The second-order valence-electron chi connectivity index (χ2n) is 4.41. The number of hydrogen-bond donors (Lipinski definition) is 0. The third-order valence-electron chi connectivity index (χ3n) is 2.42. The average molecular weight is 218 g/mol. The summed E-state index contributed by atoms with van der Waals surface area (Å²) in [6.07, 6.45) is 11.1. The molecule has 0 aliphatic heterocycles. The quantitative estimate of drug-likeness (QED) is 0.497. The van der Waals surface area contributed by atoms with Crippen LogP contribution in [0.1, 0.15) is 54.4 Å². The Morgan fingerprint density at radius 2 is 0.750 bits per heavy atom. The minimum atomic E-state index is 1.19. The molecule has 2 aliphatic rings. The van der Waals surface area contributed by atoms with Crippen molar-refractivity contribution in [3.05, 3.63) is 46.6 Å². The first-order valence-corrected chi connectivity index (χ1v) is 6.24. The molecule has 0 saturated carbocycles. The molecule has 2 rings (SSSR count). The van der Waals surface area contributed by atoms with Gasteiger partial charge in [0.2, 0.25) is 0 Å². The predicted molar refractivity (Wildman–Crippen MR) is 75.6 cm³/mol. The van der Waals surface area contributed by atoms with Gasteiger partial charge in [0.1, 0.15) is 0 Å². The van der Waals surface area contributed by atoms with Crippen LogP contribution >= 0.6 is 0 Å². The van der Waals surface area contributed by atoms with Gasteiger partial charge in [-0.2, -0.15) is 0 Å². The van der Waals surface area contributed by atoms with E-state index in [0.717, 1.165) is 0 Å². The Hall–Kier alpha value is -1.04. The maximum absolute atomic E-state index is 2.18. The molecular formula is C16H26. The molecule has 0 aromatic carbocycles. The van der Waals surface area contributed by atoms with Crippen molar-refractivity contribution in [1.82, 2.24) is 0 Å². The zero-order valence-electron chi connectivity index (χ0n) is 11.7. The molecule has 0 heterocycles. The van der Waals surface area contributed by atoms with Gasteiger partial charge in [0.25, 0.3) is 0 Å². The highest BCUT2D eigenvalue weighted by molar-refractivity contribution is 5.27. The van der Waals surface area contributed by atoms with E-state index in [1.54, 1.807) is 0 Å². The smallest absolute Gasteiger partial charge is 0.0108 e. The molecule has 0 radical (unpaired) electrons. The van der Waals surface area contributed by atoms with E-state index >= 15 is 0 Å². The lowest BCUT2D eigenvalue weighted by molar-refractivity contribution is 1.15. The normalized spacial score (nSPS) is 17.1. The first-order valence-electron chi connectivity index (χ1n) is 6.24. The van der Waals surface area contributed by atoms with Crippen LogP contribution in [0.25, 0.3) is 0 Å². The minimum absolute atomic E-state index is 1.19. The van der Waals surface area contributed by atoms with Gasteiger partial charge in [-0.25, -0.2) is 0 Å². The van der Waals surface area contributed by atoms with Crippen LogP contribution in [-0.4, -0.2) is 0 Å². The monoisotopic (exact) mass is 218 g/mol. The van der Waals surface area contributed by atoms with Gasteiger partial charge in [-0.1, -0.05) is 60.4 Å². The first-order chi connectivity index (χ1) is 7.58. The second-order valence-corrected chi connectivity index (χ2v) is 4.41. The van der Waals surface area contributed by atoms with Gasteiger partial charge in [0, 0.05) is 0 Å². The molecule has 0 unspecified atom stereocenters. The summed E-state index contributed by atoms with van der Waals surface area (Å²) < 4.78 is 0. The standard InChI is InChI=1S/2C7H10.C2H6/c2*1-6-3-4-7(2)5-6;1-2/h2*3-4H,5H2,1-2H3;1-2H3. The van der Waals surface area contributed by atoms with Gasteiger partial charge in [-0.05, 0) is 40.5 Å². The molecule has 0 heteroatoms. The molecule has 0 atom stereocenters. The number of allylic oxidation sites excluding steroid dienone is 8. The van der Waals surface area contributed by atoms with Crippen LogP contribution < -0.4 is 0 Å². The highest BCUT2D eigenvalue weighted by atomic mass is 14.0. The van der Waals surface area contributed by atoms with E-state index in [1.807, 2.05) is 13.8 Å². The van der Waals surface area contributed by atoms with E-state index in [1.165, 1.54) is 35.1 Å². The molecule has 16 heavy (non-hydrogen) atoms. The van der Waals surface area contributed by atoms with Crippen molar-refractivity contribution in [2.24, 2.45) is 0 Å². The molecule has 0 aromatic rings. The highest BCUT2D eigenvalue weighted by Gasteiger charge is 1.96. The third kappa shape index (κ3) is 6.44. The Bertz CT molecular complexity index is 256. The van der Waals surface area contributed by atoms with E-state index in [4.69, 9.17) is 0 Å². The largest absolute Gasteiger partial charge is 0.0693 e. The van der Waals surface area contributed by atoms with E-state index in [0.29, 0.717) is 0 Å². The summed E-state index contributed by atoms with van der Waals surface area (Å²) in [6.45, 7) is 12.6. The van der Waals surface area contributed by atoms with Crippen molar-refractivity contribution in [1.29, 1.82) is 0 Å².